The number of rotatable bonds is 6. The predicted octanol–water partition coefficient (Wildman–Crippen LogP) is 4.53. The van der Waals surface area contributed by atoms with Crippen molar-refractivity contribution < 1.29 is 14.3 Å². The highest BCUT2D eigenvalue weighted by molar-refractivity contribution is 6.02. The lowest BCUT2D eigenvalue weighted by molar-refractivity contribution is -0.167. The number of imidazole rings is 1. The molecule has 1 aromatic heterocycles. The van der Waals surface area contributed by atoms with Gasteiger partial charge in [0.15, 0.2) is 0 Å². The van der Waals surface area contributed by atoms with Gasteiger partial charge >= 0.3 is 5.97 Å². The number of hydrogen-bond donors (Lipinski definition) is 1. The highest BCUT2D eigenvalue weighted by Gasteiger charge is 2.52. The Morgan fingerprint density at radius 2 is 1.90 bits per heavy atom. The normalized spacial score (nSPS) is 19.4. The molecule has 0 spiro atoms. The molecule has 1 unspecified atom stereocenters. The van der Waals surface area contributed by atoms with Crippen LogP contribution in [0.3, 0.4) is 0 Å². The van der Waals surface area contributed by atoms with Gasteiger partial charge in [-0.1, -0.05) is 26.0 Å². The van der Waals surface area contributed by atoms with Crippen molar-refractivity contribution in [3.63, 3.8) is 0 Å². The van der Waals surface area contributed by atoms with Crippen molar-refractivity contribution in [2.45, 2.75) is 73.3 Å². The van der Waals surface area contributed by atoms with Crippen LogP contribution in [0.25, 0.3) is 0 Å². The first kappa shape index (κ1) is 23.0. The molecule has 1 aliphatic rings. The Bertz CT molecular complexity index is 934. The number of anilines is 1. The minimum Gasteiger partial charge on any atom is -0.459 e. The van der Waals surface area contributed by atoms with Crippen LogP contribution in [0.1, 0.15) is 63.6 Å². The third-order valence-electron chi connectivity index (χ3n) is 5.61. The van der Waals surface area contributed by atoms with E-state index in [0.29, 0.717) is 18.2 Å². The molecule has 2 aromatic rings. The first-order valence-corrected chi connectivity index (χ1v) is 11.0. The van der Waals surface area contributed by atoms with E-state index in [9.17, 15) is 9.59 Å². The third-order valence-corrected chi connectivity index (χ3v) is 5.61. The number of benzene rings is 1. The fourth-order valence-electron chi connectivity index (χ4n) is 4.52. The molecule has 1 N–H and O–H groups in total. The Morgan fingerprint density at radius 1 is 1.26 bits per heavy atom. The Kier molecular flexibility index (Phi) is 6.30. The van der Waals surface area contributed by atoms with Crippen LogP contribution in [0.2, 0.25) is 0 Å². The van der Waals surface area contributed by atoms with E-state index in [0.717, 1.165) is 23.2 Å². The number of aromatic amines is 1. The van der Waals surface area contributed by atoms with Crippen molar-refractivity contribution in [2.24, 2.45) is 11.3 Å². The molecule has 3 rings (SSSR count). The van der Waals surface area contributed by atoms with E-state index in [4.69, 9.17) is 4.74 Å². The number of amides is 1. The summed E-state index contributed by atoms with van der Waals surface area (Å²) in [4.78, 5) is 35.7. The fraction of sp³-hybridized carbons (Fsp3) is 0.560. The van der Waals surface area contributed by atoms with Crippen LogP contribution in [0.4, 0.5) is 5.69 Å². The molecular formula is C25H35N3O3. The molecule has 0 aliphatic carbocycles. The van der Waals surface area contributed by atoms with Gasteiger partial charge in [0.25, 0.3) is 0 Å². The van der Waals surface area contributed by atoms with Gasteiger partial charge in [-0.05, 0) is 63.6 Å². The molecule has 1 atom stereocenters. The number of aryl methyl sites for hydroxylation is 2. The average Bonchev–Trinajstić information content (AvgIpc) is 3.21. The van der Waals surface area contributed by atoms with Crippen molar-refractivity contribution in [2.75, 3.05) is 11.4 Å². The number of aromatic nitrogens is 2. The molecule has 2 heterocycles. The summed E-state index contributed by atoms with van der Waals surface area (Å²) in [5.74, 6) is 0.839. The number of carbonyl (C=O) groups excluding carboxylic acids is 2. The van der Waals surface area contributed by atoms with Gasteiger partial charge in [-0.2, -0.15) is 0 Å². The second kappa shape index (κ2) is 8.48. The van der Waals surface area contributed by atoms with Crippen LogP contribution in [0, 0.1) is 25.2 Å². The SMILES string of the molecule is Cc1cc(CC(C)C)cc(C)c1N1CC(Cc2ncc[nH]2)(C(=O)OC(C)(C)C)CC1=O. The molecule has 1 fully saturated rings. The Hall–Kier alpha value is -2.63. The van der Waals surface area contributed by atoms with E-state index in [1.54, 1.807) is 17.3 Å². The van der Waals surface area contributed by atoms with Crippen molar-refractivity contribution in [3.8, 4) is 0 Å². The first-order valence-electron chi connectivity index (χ1n) is 11.0. The highest BCUT2D eigenvalue weighted by atomic mass is 16.6. The van der Waals surface area contributed by atoms with Crippen LogP contribution in [0.15, 0.2) is 24.5 Å². The summed E-state index contributed by atoms with van der Waals surface area (Å²) >= 11 is 0. The van der Waals surface area contributed by atoms with Crippen molar-refractivity contribution in [3.05, 3.63) is 47.0 Å². The molecule has 1 amide bonds. The summed E-state index contributed by atoms with van der Waals surface area (Å²) < 4.78 is 5.77. The minimum atomic E-state index is -0.975. The molecule has 0 saturated carbocycles. The molecule has 0 radical (unpaired) electrons. The summed E-state index contributed by atoms with van der Waals surface area (Å²) in [6.45, 7) is 14.3. The number of nitrogens with zero attached hydrogens (tertiary/aromatic N) is 2. The maximum absolute atomic E-state index is 13.3. The molecule has 0 bridgehead atoms. The maximum Gasteiger partial charge on any atom is 0.315 e. The van der Waals surface area contributed by atoms with E-state index < -0.39 is 11.0 Å². The number of ether oxygens (including phenoxy) is 1. The highest BCUT2D eigenvalue weighted by Crippen LogP contribution is 2.41. The number of H-pyrrole nitrogens is 1. The van der Waals surface area contributed by atoms with E-state index in [2.05, 4.69) is 35.9 Å². The first-order chi connectivity index (χ1) is 14.4. The summed E-state index contributed by atoms with van der Waals surface area (Å²) in [5, 5.41) is 0. The quantitative estimate of drug-likeness (QED) is 0.690. The molecule has 6 nitrogen and oxygen atoms in total. The Morgan fingerprint density at radius 3 is 2.42 bits per heavy atom. The Balaban J connectivity index is 1.97. The van der Waals surface area contributed by atoms with Crippen molar-refractivity contribution >= 4 is 17.6 Å². The zero-order valence-electron chi connectivity index (χ0n) is 19.8. The number of nitrogens with one attached hydrogen (secondary N) is 1. The Labute approximate surface area is 185 Å². The average molecular weight is 426 g/mol. The lowest BCUT2D eigenvalue weighted by atomic mass is 9.82. The fourth-order valence-corrected chi connectivity index (χ4v) is 4.52. The maximum atomic E-state index is 13.3. The predicted molar refractivity (Wildman–Crippen MR) is 122 cm³/mol. The van der Waals surface area contributed by atoms with Gasteiger partial charge in [-0.25, -0.2) is 4.98 Å². The second-order valence-corrected chi connectivity index (χ2v) is 10.3. The van der Waals surface area contributed by atoms with Crippen LogP contribution >= 0.6 is 0 Å². The van der Waals surface area contributed by atoms with Gasteiger partial charge in [-0.15, -0.1) is 0 Å². The zero-order chi connectivity index (χ0) is 23.0. The molecule has 31 heavy (non-hydrogen) atoms. The smallest absolute Gasteiger partial charge is 0.315 e. The number of hydrogen-bond acceptors (Lipinski definition) is 4. The van der Waals surface area contributed by atoms with Crippen molar-refractivity contribution in [1.29, 1.82) is 0 Å². The van der Waals surface area contributed by atoms with Crippen molar-refractivity contribution in [1.82, 2.24) is 9.97 Å². The van der Waals surface area contributed by atoms with Crippen LogP contribution < -0.4 is 4.90 Å². The van der Waals surface area contributed by atoms with Gasteiger partial charge in [0.1, 0.15) is 16.8 Å². The largest absolute Gasteiger partial charge is 0.459 e. The minimum absolute atomic E-state index is 0.0553. The van der Waals surface area contributed by atoms with Gasteiger partial charge < -0.3 is 14.6 Å². The molecule has 1 aliphatic heterocycles. The van der Waals surface area contributed by atoms with Crippen LogP contribution in [-0.4, -0.2) is 34.0 Å². The van der Waals surface area contributed by atoms with Gasteiger partial charge in [0.05, 0.1) is 0 Å². The molecule has 1 aromatic carbocycles. The summed E-state index contributed by atoms with van der Waals surface area (Å²) in [6, 6.07) is 4.32. The summed E-state index contributed by atoms with van der Waals surface area (Å²) in [6.07, 6.45) is 4.83. The summed E-state index contributed by atoms with van der Waals surface area (Å²) in [7, 11) is 0. The van der Waals surface area contributed by atoms with E-state index in [-0.39, 0.29) is 24.8 Å². The molecule has 1 saturated heterocycles. The standard InChI is InChI=1S/C25H35N3O3/c1-16(2)10-19-11-17(3)22(18(4)12-19)28-15-25(14-21(28)29,13-20-26-8-9-27-20)23(30)31-24(5,6)7/h8-9,11-12,16H,10,13-15H2,1-7H3,(H,26,27). The van der Waals surface area contributed by atoms with Crippen LogP contribution in [-0.2, 0) is 27.2 Å². The molecule has 6 heteroatoms. The van der Waals surface area contributed by atoms with Crippen LogP contribution in [0.5, 0.6) is 0 Å². The number of carbonyl (C=O) groups is 2. The lowest BCUT2D eigenvalue weighted by Crippen LogP contribution is -2.42. The number of esters is 1. The molecular weight excluding hydrogens is 390 g/mol. The summed E-state index contributed by atoms with van der Waals surface area (Å²) in [5.41, 5.74) is 2.69. The monoisotopic (exact) mass is 425 g/mol. The van der Waals surface area contributed by atoms with Gasteiger partial charge in [0.2, 0.25) is 5.91 Å². The van der Waals surface area contributed by atoms with Gasteiger partial charge in [0, 0.05) is 37.5 Å². The van der Waals surface area contributed by atoms with E-state index >= 15 is 0 Å². The van der Waals surface area contributed by atoms with E-state index in [1.807, 2.05) is 34.6 Å². The topological polar surface area (TPSA) is 75.3 Å². The zero-order valence-corrected chi connectivity index (χ0v) is 19.8. The molecule has 168 valence electrons. The second-order valence-electron chi connectivity index (χ2n) is 10.3. The lowest BCUT2D eigenvalue weighted by Gasteiger charge is -2.31. The third kappa shape index (κ3) is 5.17. The van der Waals surface area contributed by atoms with Gasteiger partial charge in [-0.3, -0.25) is 9.59 Å². The van der Waals surface area contributed by atoms with E-state index in [1.165, 1.54) is 5.56 Å².